The second-order valence-electron chi connectivity index (χ2n) is 4.25. The van der Waals surface area contributed by atoms with E-state index in [1.54, 1.807) is 0 Å². The molecule has 1 saturated carbocycles. The van der Waals surface area contributed by atoms with Gasteiger partial charge in [0.1, 0.15) is 5.78 Å². The summed E-state index contributed by atoms with van der Waals surface area (Å²) in [4.78, 5) is 11.5. The van der Waals surface area contributed by atoms with Crippen molar-refractivity contribution in [2.45, 2.75) is 26.2 Å². The molecule has 1 aromatic carbocycles. The molecule has 0 saturated heterocycles. The van der Waals surface area contributed by atoms with Gasteiger partial charge in [0.2, 0.25) is 0 Å². The maximum atomic E-state index is 11.5. The van der Waals surface area contributed by atoms with Crippen molar-refractivity contribution < 1.29 is 35.8 Å². The molecule has 1 aromatic rings. The molecule has 4 radical (unpaired) electrons. The predicted molar refractivity (Wildman–Crippen MR) is 77.0 cm³/mol. The van der Waals surface area contributed by atoms with E-state index in [-0.39, 0.29) is 17.1 Å². The van der Waals surface area contributed by atoms with Crippen LogP contribution < -0.4 is 0 Å². The van der Waals surface area contributed by atoms with Crippen LogP contribution in [0.15, 0.2) is 30.3 Å². The molecule has 0 atom stereocenters. The molecule has 0 spiro atoms. The standard InChI is InChI=1S/C15H16O.3CO.Fe/c1-12(10-13-6-3-2-4-7-13)11-14-8-5-9-15(14)16;3*1-2;/h2-4,6-7,10-11H,5,8-9H2,1H3;;;;. The Hall–Kier alpha value is -1.37. The molecular formula is C18H16FeO4. The molecule has 1 aliphatic carbocycles. The van der Waals surface area contributed by atoms with Gasteiger partial charge in [0, 0.05) is 29.4 Å². The molecule has 1 aliphatic rings. The summed E-state index contributed by atoms with van der Waals surface area (Å²) in [6.45, 7) is 15.5. The minimum Gasteiger partial charge on any atom is 0 e. The number of Topliss-reactive ketones (excluding diaryl/α,β-unsaturated/α-hetero) is 1. The van der Waals surface area contributed by atoms with Crippen LogP contribution in [-0.2, 0) is 35.8 Å². The Morgan fingerprint density at radius 3 is 1.91 bits per heavy atom. The third kappa shape index (κ3) is 11.8. The summed E-state index contributed by atoms with van der Waals surface area (Å²) in [6.07, 6.45) is 6.83. The largest absolute Gasteiger partial charge is 0 e. The molecular weight excluding hydrogens is 336 g/mol. The molecule has 0 heterocycles. The molecule has 5 heteroatoms. The molecule has 0 bridgehead atoms. The summed E-state index contributed by atoms with van der Waals surface area (Å²) in [6, 6.07) is 10.2. The van der Waals surface area contributed by atoms with Crippen LogP contribution in [0.2, 0.25) is 0 Å². The van der Waals surface area contributed by atoms with Crippen LogP contribution in [-0.4, -0.2) is 5.78 Å². The van der Waals surface area contributed by atoms with Crippen molar-refractivity contribution >= 4 is 5.78 Å². The van der Waals surface area contributed by atoms with E-state index in [9.17, 15) is 4.79 Å². The summed E-state index contributed by atoms with van der Waals surface area (Å²) >= 11 is 0. The third-order valence-corrected chi connectivity index (χ3v) is 2.80. The molecule has 120 valence electrons. The van der Waals surface area contributed by atoms with Crippen LogP contribution in [0.4, 0.5) is 0 Å². The van der Waals surface area contributed by atoms with Gasteiger partial charge >= 0.3 is 33.9 Å². The van der Waals surface area contributed by atoms with Gasteiger partial charge < -0.3 is 0 Å². The number of carbonyl (C=O) groups excluding carboxylic acids is 1. The molecule has 1 fully saturated rings. The smallest absolute Gasteiger partial charge is 0 e. The first-order valence-electron chi connectivity index (χ1n) is 6.34. The maximum Gasteiger partial charge on any atom is 0 e. The van der Waals surface area contributed by atoms with Crippen LogP contribution in [0.5, 0.6) is 0 Å². The van der Waals surface area contributed by atoms with Crippen molar-refractivity contribution in [2.24, 2.45) is 0 Å². The normalized spacial score (nSPS) is 12.3. The molecule has 23 heavy (non-hydrogen) atoms. The number of rotatable bonds is 4. The van der Waals surface area contributed by atoms with E-state index >= 15 is 0 Å². The summed E-state index contributed by atoms with van der Waals surface area (Å²) in [5.41, 5.74) is 1.18. The van der Waals surface area contributed by atoms with Crippen molar-refractivity contribution in [3.8, 4) is 0 Å². The zero-order valence-corrected chi connectivity index (χ0v) is 13.8. The average molecular weight is 352 g/mol. The fourth-order valence-corrected chi connectivity index (χ4v) is 2.02. The van der Waals surface area contributed by atoms with Crippen molar-refractivity contribution in [1.29, 1.82) is 0 Å². The topological polar surface area (TPSA) is 76.8 Å². The number of hydrogen-bond acceptors (Lipinski definition) is 1. The van der Waals surface area contributed by atoms with Gasteiger partial charge in [-0.2, -0.15) is 0 Å². The summed E-state index contributed by atoms with van der Waals surface area (Å²) in [7, 11) is 0. The molecule has 0 N–H and O–H groups in total. The Balaban J connectivity index is -0.000000514. The van der Waals surface area contributed by atoms with Gasteiger partial charge in [0.05, 0.1) is 0 Å². The molecule has 0 amide bonds. The van der Waals surface area contributed by atoms with Gasteiger partial charge in [-0.1, -0.05) is 37.3 Å². The Kier molecular flexibility index (Phi) is 21.5. The Labute approximate surface area is 148 Å². The number of carbonyl (C=O) groups is 1. The van der Waals surface area contributed by atoms with Gasteiger partial charge in [-0.3, -0.25) is 4.79 Å². The van der Waals surface area contributed by atoms with Crippen molar-refractivity contribution in [1.82, 2.24) is 0 Å². The Morgan fingerprint density at radius 1 is 0.957 bits per heavy atom. The molecule has 4 nitrogen and oxygen atoms in total. The maximum absolute atomic E-state index is 11.5. The van der Waals surface area contributed by atoms with Crippen LogP contribution in [0.1, 0.15) is 31.7 Å². The number of benzene rings is 1. The van der Waals surface area contributed by atoms with Crippen LogP contribution in [0.25, 0.3) is 0 Å². The van der Waals surface area contributed by atoms with E-state index in [0.717, 1.165) is 31.1 Å². The number of ketones is 1. The quantitative estimate of drug-likeness (QED) is 0.466. The first-order valence-corrected chi connectivity index (χ1v) is 6.34. The molecule has 2 rings (SSSR count). The first kappa shape index (κ1) is 26.5. The first-order chi connectivity index (χ1) is 10.8. The number of hydrogen-bond donors (Lipinski definition) is 0. The second kappa shape index (κ2) is 18.7. The Morgan fingerprint density at radius 2 is 1.48 bits per heavy atom. The zero-order valence-electron chi connectivity index (χ0n) is 12.6. The van der Waals surface area contributed by atoms with E-state index in [1.165, 1.54) is 5.56 Å². The summed E-state index contributed by atoms with van der Waals surface area (Å²) in [5.74, 6) is 2.46. The second-order valence-corrected chi connectivity index (χ2v) is 4.25. The monoisotopic (exact) mass is 352 g/mol. The summed E-state index contributed by atoms with van der Waals surface area (Å²) < 4.78 is 22.5. The minimum atomic E-state index is 0. The van der Waals surface area contributed by atoms with Crippen LogP contribution in [0.3, 0.4) is 0 Å². The van der Waals surface area contributed by atoms with Gasteiger partial charge in [0.15, 0.2) is 0 Å². The molecule has 0 aromatic heterocycles. The van der Waals surface area contributed by atoms with E-state index < -0.39 is 0 Å². The molecule has 0 unspecified atom stereocenters. The van der Waals surface area contributed by atoms with E-state index in [0.29, 0.717) is 5.78 Å². The minimum absolute atomic E-state index is 0. The van der Waals surface area contributed by atoms with E-state index in [1.807, 2.05) is 31.5 Å². The predicted octanol–water partition coefficient (Wildman–Crippen LogP) is 3.25. The third-order valence-electron chi connectivity index (χ3n) is 2.80. The van der Waals surface area contributed by atoms with Gasteiger partial charge in [-0.05, 0) is 37.2 Å². The van der Waals surface area contributed by atoms with Crippen molar-refractivity contribution in [3.05, 3.63) is 80.5 Å². The SMILES string of the molecule is C[C]([CH][C]1CCCC1=O)[CH]c1ccccc1.[C-]#[O+].[C-]#[O+].[C-]#[O+].[Fe]. The Bertz CT molecular complexity index is 451. The molecule has 0 aliphatic heterocycles. The van der Waals surface area contributed by atoms with Gasteiger partial charge in [-0.25, -0.2) is 0 Å². The zero-order chi connectivity index (χ0) is 17.4. The van der Waals surface area contributed by atoms with Crippen LogP contribution >= 0.6 is 0 Å². The average Bonchev–Trinajstić information content (AvgIpc) is 2.99. The van der Waals surface area contributed by atoms with E-state index in [4.69, 9.17) is 14.0 Å². The fraction of sp³-hybridized carbons (Fsp3) is 0.222. The van der Waals surface area contributed by atoms with Gasteiger partial charge in [0.25, 0.3) is 0 Å². The van der Waals surface area contributed by atoms with E-state index in [2.05, 4.69) is 38.5 Å². The van der Waals surface area contributed by atoms with Crippen molar-refractivity contribution in [3.63, 3.8) is 0 Å². The summed E-state index contributed by atoms with van der Waals surface area (Å²) in [5, 5.41) is 0. The van der Waals surface area contributed by atoms with Crippen LogP contribution in [0, 0.1) is 44.6 Å². The fourth-order valence-electron chi connectivity index (χ4n) is 2.02. The van der Waals surface area contributed by atoms with Crippen molar-refractivity contribution in [2.75, 3.05) is 0 Å². The van der Waals surface area contributed by atoms with Gasteiger partial charge in [-0.15, -0.1) is 0 Å².